The zero-order valence-corrected chi connectivity index (χ0v) is 17.4. The maximum Gasteiger partial charge on any atom is 0.416 e. The zero-order chi connectivity index (χ0) is 24.4. The van der Waals surface area contributed by atoms with E-state index in [9.17, 15) is 35.9 Å². The van der Waals surface area contributed by atoms with Gasteiger partial charge in [0.1, 0.15) is 5.75 Å². The highest BCUT2D eigenvalue weighted by Gasteiger charge is 2.37. The number of carbonyl (C=O) groups excluding carboxylic acids is 2. The van der Waals surface area contributed by atoms with E-state index in [0.717, 1.165) is 0 Å². The Hall–Kier alpha value is -3.24. The number of hydrogen-bond donors (Lipinski definition) is 1. The minimum Gasteiger partial charge on any atom is -0.497 e. The number of methoxy groups -OCH3 is 1. The predicted octanol–water partition coefficient (Wildman–Crippen LogP) is 5.22. The lowest BCUT2D eigenvalue weighted by atomic mass is 9.95. The largest absolute Gasteiger partial charge is 0.497 e. The molecular formula is C22H20F6N2O3. The zero-order valence-electron chi connectivity index (χ0n) is 17.4. The van der Waals surface area contributed by atoms with E-state index in [1.807, 2.05) is 0 Å². The molecular weight excluding hydrogens is 454 g/mol. The summed E-state index contributed by atoms with van der Waals surface area (Å²) in [5.41, 5.74) is -3.17. The van der Waals surface area contributed by atoms with Gasteiger partial charge in [-0.25, -0.2) is 0 Å². The number of nitrogens with one attached hydrogen (secondary N) is 1. The summed E-state index contributed by atoms with van der Waals surface area (Å²) >= 11 is 0. The molecule has 0 atom stereocenters. The topological polar surface area (TPSA) is 58.6 Å². The lowest BCUT2D eigenvalue weighted by molar-refractivity contribution is -0.143. The van der Waals surface area contributed by atoms with E-state index in [4.69, 9.17) is 4.74 Å². The Bertz CT molecular complexity index is 978. The van der Waals surface area contributed by atoms with Gasteiger partial charge in [0.15, 0.2) is 0 Å². The van der Waals surface area contributed by atoms with Gasteiger partial charge >= 0.3 is 12.4 Å². The first-order valence-corrected chi connectivity index (χ1v) is 9.92. The van der Waals surface area contributed by atoms with E-state index in [0.29, 0.717) is 23.4 Å². The molecule has 1 N–H and O–H groups in total. The van der Waals surface area contributed by atoms with Crippen LogP contribution in [0.1, 0.15) is 34.3 Å². The summed E-state index contributed by atoms with van der Waals surface area (Å²) in [6.45, 7) is 0.443. The van der Waals surface area contributed by atoms with E-state index in [-0.39, 0.29) is 37.9 Å². The maximum absolute atomic E-state index is 13.0. The van der Waals surface area contributed by atoms with E-state index in [2.05, 4.69) is 5.32 Å². The van der Waals surface area contributed by atoms with Crippen LogP contribution in [0.2, 0.25) is 0 Å². The van der Waals surface area contributed by atoms with E-state index in [1.54, 1.807) is 24.3 Å². The van der Waals surface area contributed by atoms with Gasteiger partial charge in [-0.2, -0.15) is 26.3 Å². The molecule has 1 aliphatic rings. The van der Waals surface area contributed by atoms with Crippen molar-refractivity contribution in [3.05, 3.63) is 59.2 Å². The van der Waals surface area contributed by atoms with Crippen LogP contribution in [0.5, 0.6) is 5.75 Å². The van der Waals surface area contributed by atoms with Crippen LogP contribution in [0.15, 0.2) is 42.5 Å². The number of amides is 2. The van der Waals surface area contributed by atoms with Gasteiger partial charge in [-0.15, -0.1) is 0 Å². The molecule has 0 aliphatic carbocycles. The highest BCUT2D eigenvalue weighted by molar-refractivity contribution is 5.95. The normalized spacial score (nSPS) is 15.3. The molecule has 0 bridgehead atoms. The minimum atomic E-state index is -5.01. The predicted molar refractivity (Wildman–Crippen MR) is 107 cm³/mol. The van der Waals surface area contributed by atoms with Crippen molar-refractivity contribution < 1.29 is 40.7 Å². The lowest BCUT2D eigenvalue weighted by Gasteiger charge is -2.31. The summed E-state index contributed by atoms with van der Waals surface area (Å²) in [6, 6.07) is 7.41. The standard InChI is InChI=1S/C22H20F6N2O3/c1-33-18-4-2-14(3-5-18)20(32)30-8-6-13(7-9-30)19(31)29-17-11-15(21(23,24)25)10-16(12-17)22(26,27)28/h2-5,10-13H,6-9H2,1H3,(H,29,31). The fraction of sp³-hybridized carbons (Fsp3) is 0.364. The Kier molecular flexibility index (Phi) is 6.89. The van der Waals surface area contributed by atoms with Crippen molar-refractivity contribution in [2.75, 3.05) is 25.5 Å². The summed E-state index contributed by atoms with van der Waals surface area (Å²) in [4.78, 5) is 26.7. The summed E-state index contributed by atoms with van der Waals surface area (Å²) < 4.78 is 83.1. The molecule has 0 radical (unpaired) electrons. The number of alkyl halides is 6. The van der Waals surface area contributed by atoms with Crippen molar-refractivity contribution in [3.63, 3.8) is 0 Å². The average molecular weight is 474 g/mol. The van der Waals surface area contributed by atoms with Crippen molar-refractivity contribution in [2.45, 2.75) is 25.2 Å². The van der Waals surface area contributed by atoms with Gasteiger partial charge < -0.3 is 15.0 Å². The van der Waals surface area contributed by atoms with E-state index < -0.39 is 41.0 Å². The highest BCUT2D eigenvalue weighted by atomic mass is 19.4. The number of piperidine rings is 1. The van der Waals surface area contributed by atoms with Gasteiger partial charge in [0.05, 0.1) is 18.2 Å². The van der Waals surface area contributed by atoms with Crippen LogP contribution >= 0.6 is 0 Å². The van der Waals surface area contributed by atoms with Gasteiger partial charge in [-0.3, -0.25) is 9.59 Å². The molecule has 11 heteroatoms. The first kappa shape index (κ1) is 24.4. The summed E-state index contributed by atoms with van der Waals surface area (Å²) in [5, 5.41) is 2.17. The number of ether oxygens (including phenoxy) is 1. The van der Waals surface area contributed by atoms with Crippen molar-refractivity contribution >= 4 is 17.5 Å². The smallest absolute Gasteiger partial charge is 0.416 e. The van der Waals surface area contributed by atoms with Crippen LogP contribution in [-0.4, -0.2) is 36.9 Å². The van der Waals surface area contributed by atoms with Crippen molar-refractivity contribution in [1.29, 1.82) is 0 Å². The van der Waals surface area contributed by atoms with Gasteiger partial charge in [-0.1, -0.05) is 0 Å². The molecule has 5 nitrogen and oxygen atoms in total. The summed E-state index contributed by atoms with van der Waals surface area (Å²) in [7, 11) is 1.50. The summed E-state index contributed by atoms with van der Waals surface area (Å²) in [6.07, 6.45) is -9.57. The fourth-order valence-electron chi connectivity index (χ4n) is 3.53. The second-order valence-electron chi connectivity index (χ2n) is 7.58. The van der Waals surface area contributed by atoms with E-state index >= 15 is 0 Å². The molecule has 0 saturated carbocycles. The van der Waals surface area contributed by atoms with Crippen LogP contribution in [0.4, 0.5) is 32.0 Å². The number of hydrogen-bond acceptors (Lipinski definition) is 3. The number of benzene rings is 2. The first-order valence-electron chi connectivity index (χ1n) is 9.92. The molecule has 2 amide bonds. The Morgan fingerprint density at radius 1 is 0.909 bits per heavy atom. The summed E-state index contributed by atoms with van der Waals surface area (Å²) in [5.74, 6) is -1.01. The van der Waals surface area contributed by atoms with E-state index in [1.165, 1.54) is 12.0 Å². The number of likely N-dealkylation sites (tertiary alicyclic amines) is 1. The number of rotatable bonds is 4. The quantitative estimate of drug-likeness (QED) is 0.618. The second kappa shape index (κ2) is 9.32. The van der Waals surface area contributed by atoms with Crippen molar-refractivity contribution in [1.82, 2.24) is 4.90 Å². The van der Waals surface area contributed by atoms with Crippen LogP contribution < -0.4 is 10.1 Å². The number of anilines is 1. The number of nitrogens with zero attached hydrogens (tertiary/aromatic N) is 1. The monoisotopic (exact) mass is 474 g/mol. The molecule has 2 aromatic carbocycles. The molecule has 1 aliphatic heterocycles. The van der Waals surface area contributed by atoms with Crippen LogP contribution in [-0.2, 0) is 17.1 Å². The number of halogens is 6. The molecule has 33 heavy (non-hydrogen) atoms. The molecule has 178 valence electrons. The van der Waals surface area contributed by atoms with Crippen LogP contribution in [0.25, 0.3) is 0 Å². The third kappa shape index (κ3) is 5.96. The van der Waals surface area contributed by atoms with Crippen molar-refractivity contribution in [2.24, 2.45) is 5.92 Å². The maximum atomic E-state index is 13.0. The molecule has 0 unspecified atom stereocenters. The van der Waals surface area contributed by atoms with Crippen LogP contribution in [0.3, 0.4) is 0 Å². The van der Waals surface area contributed by atoms with Crippen LogP contribution in [0, 0.1) is 5.92 Å². The third-order valence-corrected chi connectivity index (χ3v) is 5.35. The van der Waals surface area contributed by atoms with Gasteiger partial charge in [0.25, 0.3) is 5.91 Å². The van der Waals surface area contributed by atoms with Gasteiger partial charge in [-0.05, 0) is 55.3 Å². The minimum absolute atomic E-state index is 0.00107. The molecule has 0 aromatic heterocycles. The Balaban J connectivity index is 1.66. The molecule has 2 aromatic rings. The Morgan fingerprint density at radius 2 is 1.42 bits per heavy atom. The average Bonchev–Trinajstić information content (AvgIpc) is 2.77. The van der Waals surface area contributed by atoms with Crippen molar-refractivity contribution in [3.8, 4) is 5.75 Å². The van der Waals surface area contributed by atoms with Gasteiger partial charge in [0.2, 0.25) is 5.91 Å². The fourth-order valence-corrected chi connectivity index (χ4v) is 3.53. The third-order valence-electron chi connectivity index (χ3n) is 5.35. The number of carbonyl (C=O) groups is 2. The first-order chi connectivity index (χ1) is 15.4. The molecule has 1 heterocycles. The molecule has 3 rings (SSSR count). The second-order valence-corrected chi connectivity index (χ2v) is 7.58. The lowest BCUT2D eigenvalue weighted by Crippen LogP contribution is -2.41. The Labute approximate surface area is 185 Å². The highest BCUT2D eigenvalue weighted by Crippen LogP contribution is 2.37. The SMILES string of the molecule is COc1ccc(C(=O)N2CCC(C(=O)Nc3cc(C(F)(F)F)cc(C(F)(F)F)c3)CC2)cc1. The Morgan fingerprint density at radius 3 is 1.88 bits per heavy atom. The van der Waals surface area contributed by atoms with Gasteiger partial charge in [0, 0.05) is 30.3 Å². The molecule has 1 fully saturated rings. The molecule has 0 spiro atoms. The molecule has 1 saturated heterocycles.